The molecule has 29 heavy (non-hydrogen) atoms. The van der Waals surface area contributed by atoms with Crippen LogP contribution >= 0.6 is 0 Å². The number of nitrogens with zero attached hydrogens (tertiary/aromatic N) is 5. The Morgan fingerprint density at radius 1 is 1.24 bits per heavy atom. The van der Waals surface area contributed by atoms with Crippen molar-refractivity contribution >= 4 is 11.8 Å². The van der Waals surface area contributed by atoms with E-state index in [0.29, 0.717) is 26.1 Å². The fourth-order valence-electron chi connectivity index (χ4n) is 4.98. The summed E-state index contributed by atoms with van der Waals surface area (Å²) >= 11 is 0. The van der Waals surface area contributed by atoms with Gasteiger partial charge >= 0.3 is 0 Å². The topological polar surface area (TPSA) is 87.1 Å². The SMILES string of the molecule is Cc1ccnn1CCC(=O)N1CCC2(CC1)c1nc[nH]c1CCN2C(=O)C1CC1. The molecule has 2 aliphatic heterocycles. The zero-order chi connectivity index (χ0) is 20.0. The number of hydrogen-bond donors (Lipinski definition) is 1. The normalized spacial score (nSPS) is 20.7. The van der Waals surface area contributed by atoms with Crippen molar-refractivity contribution in [2.75, 3.05) is 19.6 Å². The molecule has 2 aromatic rings. The lowest BCUT2D eigenvalue weighted by atomic mass is 9.78. The Labute approximate surface area is 170 Å². The minimum Gasteiger partial charge on any atom is -0.348 e. The van der Waals surface area contributed by atoms with Gasteiger partial charge in [0, 0.05) is 62.5 Å². The zero-order valence-corrected chi connectivity index (χ0v) is 16.9. The molecule has 0 atom stereocenters. The summed E-state index contributed by atoms with van der Waals surface area (Å²) in [6.07, 6.45) is 8.34. The van der Waals surface area contributed by atoms with Crippen LogP contribution in [0.4, 0.5) is 0 Å². The number of rotatable bonds is 4. The molecule has 2 fully saturated rings. The van der Waals surface area contributed by atoms with Gasteiger partial charge < -0.3 is 14.8 Å². The van der Waals surface area contributed by atoms with Crippen molar-refractivity contribution in [1.82, 2.24) is 29.5 Å². The number of carbonyl (C=O) groups is 2. The minimum absolute atomic E-state index is 0.160. The second-order valence-corrected chi connectivity index (χ2v) is 8.60. The zero-order valence-electron chi connectivity index (χ0n) is 16.9. The Morgan fingerprint density at radius 2 is 2.03 bits per heavy atom. The fraction of sp³-hybridized carbons (Fsp3) is 0.619. The highest BCUT2D eigenvalue weighted by Gasteiger charge is 2.51. The number of imidazole rings is 1. The predicted molar refractivity (Wildman–Crippen MR) is 106 cm³/mol. The summed E-state index contributed by atoms with van der Waals surface area (Å²) in [7, 11) is 0. The molecule has 154 valence electrons. The molecular weight excluding hydrogens is 368 g/mol. The number of nitrogens with one attached hydrogen (secondary N) is 1. The van der Waals surface area contributed by atoms with Gasteiger partial charge in [0.05, 0.1) is 17.6 Å². The van der Waals surface area contributed by atoms with Gasteiger partial charge in [-0.25, -0.2) is 4.98 Å². The molecule has 2 aromatic heterocycles. The van der Waals surface area contributed by atoms with Gasteiger partial charge in [-0.05, 0) is 38.7 Å². The van der Waals surface area contributed by atoms with E-state index in [-0.39, 0.29) is 23.3 Å². The predicted octanol–water partition coefficient (Wildman–Crippen LogP) is 1.62. The summed E-state index contributed by atoms with van der Waals surface area (Å²) in [6, 6.07) is 1.95. The highest BCUT2D eigenvalue weighted by molar-refractivity contribution is 5.82. The molecule has 1 saturated carbocycles. The van der Waals surface area contributed by atoms with E-state index in [0.717, 1.165) is 55.7 Å². The first-order chi connectivity index (χ1) is 14.1. The summed E-state index contributed by atoms with van der Waals surface area (Å²) in [5.74, 6) is 0.643. The van der Waals surface area contributed by atoms with Crippen molar-refractivity contribution in [3.8, 4) is 0 Å². The quantitative estimate of drug-likeness (QED) is 0.851. The first-order valence-electron chi connectivity index (χ1n) is 10.7. The number of likely N-dealkylation sites (tertiary alicyclic amines) is 1. The number of aryl methyl sites for hydroxylation is 2. The van der Waals surface area contributed by atoms with E-state index in [2.05, 4.69) is 20.0 Å². The third-order valence-electron chi connectivity index (χ3n) is 6.86. The number of H-pyrrole nitrogens is 1. The molecule has 3 aliphatic rings. The summed E-state index contributed by atoms with van der Waals surface area (Å²) in [4.78, 5) is 37.8. The van der Waals surface area contributed by atoms with Crippen LogP contribution in [0.25, 0.3) is 0 Å². The Morgan fingerprint density at radius 3 is 2.72 bits per heavy atom. The minimum atomic E-state index is -0.359. The average molecular weight is 396 g/mol. The highest BCUT2D eigenvalue weighted by atomic mass is 16.2. The highest BCUT2D eigenvalue weighted by Crippen LogP contribution is 2.45. The van der Waals surface area contributed by atoms with Gasteiger partial charge in [0.25, 0.3) is 0 Å². The summed E-state index contributed by atoms with van der Waals surface area (Å²) in [5, 5.41) is 4.26. The van der Waals surface area contributed by atoms with Gasteiger partial charge in [-0.1, -0.05) is 0 Å². The van der Waals surface area contributed by atoms with Gasteiger partial charge in [0.1, 0.15) is 0 Å². The van der Waals surface area contributed by atoms with Crippen molar-refractivity contribution in [3.05, 3.63) is 35.7 Å². The number of amides is 2. The molecule has 1 N–H and O–H groups in total. The van der Waals surface area contributed by atoms with Crippen LogP contribution in [0.5, 0.6) is 0 Å². The van der Waals surface area contributed by atoms with Gasteiger partial charge in [0.2, 0.25) is 11.8 Å². The van der Waals surface area contributed by atoms with E-state index in [9.17, 15) is 9.59 Å². The fourth-order valence-corrected chi connectivity index (χ4v) is 4.98. The van der Waals surface area contributed by atoms with Gasteiger partial charge in [-0.3, -0.25) is 14.3 Å². The summed E-state index contributed by atoms with van der Waals surface area (Å²) < 4.78 is 1.87. The van der Waals surface area contributed by atoms with Gasteiger partial charge in [0.15, 0.2) is 0 Å². The summed E-state index contributed by atoms with van der Waals surface area (Å²) in [6.45, 7) is 4.68. The van der Waals surface area contributed by atoms with Crippen LogP contribution < -0.4 is 0 Å². The van der Waals surface area contributed by atoms with Crippen molar-refractivity contribution in [3.63, 3.8) is 0 Å². The monoisotopic (exact) mass is 396 g/mol. The van der Waals surface area contributed by atoms with Crippen LogP contribution in [0.15, 0.2) is 18.6 Å². The molecule has 1 saturated heterocycles. The lowest BCUT2D eigenvalue weighted by Crippen LogP contribution is -2.59. The first kappa shape index (κ1) is 18.4. The Balaban J connectivity index is 1.30. The Hall–Kier alpha value is -2.64. The van der Waals surface area contributed by atoms with E-state index >= 15 is 0 Å². The maximum atomic E-state index is 13.0. The number of aromatic nitrogens is 4. The van der Waals surface area contributed by atoms with E-state index in [4.69, 9.17) is 0 Å². The third-order valence-corrected chi connectivity index (χ3v) is 6.86. The molecule has 8 nitrogen and oxygen atoms in total. The van der Waals surface area contributed by atoms with Crippen LogP contribution in [-0.2, 0) is 28.1 Å². The number of fused-ring (bicyclic) bond motifs is 2. The van der Waals surface area contributed by atoms with Crippen molar-refractivity contribution in [1.29, 1.82) is 0 Å². The van der Waals surface area contributed by atoms with Crippen molar-refractivity contribution in [2.24, 2.45) is 5.92 Å². The average Bonchev–Trinajstić information content (AvgIpc) is 3.33. The van der Waals surface area contributed by atoms with Crippen LogP contribution in [-0.4, -0.2) is 61.0 Å². The van der Waals surface area contributed by atoms with Crippen LogP contribution in [0.3, 0.4) is 0 Å². The second kappa shape index (κ2) is 7.00. The van der Waals surface area contributed by atoms with Crippen molar-refractivity contribution < 1.29 is 9.59 Å². The number of piperidine rings is 1. The third kappa shape index (κ3) is 3.14. The van der Waals surface area contributed by atoms with E-state index in [1.165, 1.54) is 0 Å². The largest absolute Gasteiger partial charge is 0.348 e. The maximum absolute atomic E-state index is 13.0. The molecule has 8 heteroatoms. The molecule has 0 aromatic carbocycles. The standard InChI is InChI=1S/C21H28N6O2/c1-15-4-9-24-27(15)11-6-18(28)25-12-7-21(8-13-25)19-17(22-14-23-19)5-10-26(21)20(29)16-2-3-16/h4,9,14,16H,2-3,5-8,10-13H2,1H3,(H,22,23). The molecule has 1 spiro atoms. The lowest BCUT2D eigenvalue weighted by Gasteiger charge is -2.50. The summed E-state index contributed by atoms with van der Waals surface area (Å²) in [5.41, 5.74) is 2.89. The Bertz CT molecular complexity index is 919. The molecular formula is C21H28N6O2. The van der Waals surface area contributed by atoms with Gasteiger partial charge in [-0.2, -0.15) is 5.10 Å². The van der Waals surface area contributed by atoms with Crippen LogP contribution in [0.1, 0.15) is 49.2 Å². The second-order valence-electron chi connectivity index (χ2n) is 8.60. The van der Waals surface area contributed by atoms with E-state index in [1.54, 1.807) is 12.5 Å². The van der Waals surface area contributed by atoms with Crippen LogP contribution in [0.2, 0.25) is 0 Å². The molecule has 1 aliphatic carbocycles. The first-order valence-corrected chi connectivity index (χ1v) is 10.7. The maximum Gasteiger partial charge on any atom is 0.226 e. The van der Waals surface area contributed by atoms with E-state index in [1.807, 2.05) is 22.6 Å². The molecule has 2 amide bonds. The lowest BCUT2D eigenvalue weighted by molar-refractivity contribution is -0.145. The molecule has 5 rings (SSSR count). The Kier molecular flexibility index (Phi) is 4.44. The van der Waals surface area contributed by atoms with Crippen LogP contribution in [0, 0.1) is 12.8 Å². The number of carbonyl (C=O) groups excluding carboxylic acids is 2. The molecule has 0 unspecified atom stereocenters. The molecule has 0 radical (unpaired) electrons. The smallest absolute Gasteiger partial charge is 0.226 e. The number of hydrogen-bond acceptors (Lipinski definition) is 4. The van der Waals surface area contributed by atoms with E-state index < -0.39 is 0 Å². The van der Waals surface area contributed by atoms with Crippen molar-refractivity contribution in [2.45, 2.75) is 57.5 Å². The molecule has 4 heterocycles. The van der Waals surface area contributed by atoms with Gasteiger partial charge in [-0.15, -0.1) is 0 Å². The molecule has 0 bridgehead atoms. The number of aromatic amines is 1.